The molecule has 110 valence electrons. The predicted molar refractivity (Wildman–Crippen MR) is 78.6 cm³/mol. The van der Waals surface area contributed by atoms with Gasteiger partial charge in [-0.3, -0.25) is 4.79 Å². The first kappa shape index (κ1) is 16.2. The lowest BCUT2D eigenvalue weighted by atomic mass is 9.97. The molecule has 0 bridgehead atoms. The maximum absolute atomic E-state index is 11.8. The highest BCUT2D eigenvalue weighted by atomic mass is 16.5. The summed E-state index contributed by atoms with van der Waals surface area (Å²) in [4.78, 5) is 23.2. The molecule has 0 aliphatic heterocycles. The predicted octanol–water partition coefficient (Wildman–Crippen LogP) is 2.96. The molecular weight excluding hydrogens is 254 g/mol. The van der Waals surface area contributed by atoms with Crippen LogP contribution in [0.4, 0.5) is 4.79 Å². The number of Topliss-reactive ketones (excluding diaryl/α,β-unsaturated/α-hetero) is 1. The lowest BCUT2D eigenvalue weighted by Gasteiger charge is -2.18. The van der Waals surface area contributed by atoms with E-state index in [4.69, 9.17) is 0 Å². The van der Waals surface area contributed by atoms with Gasteiger partial charge in [-0.25, -0.2) is 4.79 Å². The zero-order valence-electron chi connectivity index (χ0n) is 12.4. The molecule has 0 aliphatic rings. The Bertz CT molecular complexity index is 429. The first-order valence-corrected chi connectivity index (χ1v) is 6.94. The summed E-state index contributed by atoms with van der Waals surface area (Å²) in [6, 6.07) is 9.83. The fourth-order valence-corrected chi connectivity index (χ4v) is 1.91. The molecule has 1 rings (SSSR count). The summed E-state index contributed by atoms with van der Waals surface area (Å²) in [5.41, 5.74) is 1.20. The summed E-state index contributed by atoms with van der Waals surface area (Å²) < 4.78 is 4.61. The molecule has 1 atom stereocenters. The second kappa shape index (κ2) is 8.35. The van der Waals surface area contributed by atoms with Crippen molar-refractivity contribution in [3.8, 4) is 0 Å². The van der Waals surface area contributed by atoms with Crippen molar-refractivity contribution in [2.75, 3.05) is 7.11 Å². The van der Waals surface area contributed by atoms with Crippen molar-refractivity contribution in [3.05, 3.63) is 35.9 Å². The van der Waals surface area contributed by atoms with E-state index in [1.54, 1.807) is 0 Å². The van der Waals surface area contributed by atoms with E-state index >= 15 is 0 Å². The summed E-state index contributed by atoms with van der Waals surface area (Å²) in [7, 11) is 1.33. The maximum atomic E-state index is 11.8. The van der Waals surface area contributed by atoms with E-state index in [1.807, 2.05) is 44.2 Å². The SMILES string of the molecule is COC(=O)NC(CCc1ccccc1)CC(=O)C(C)C. The first-order valence-electron chi connectivity index (χ1n) is 6.94. The second-order valence-electron chi connectivity index (χ2n) is 5.18. The number of amides is 1. The van der Waals surface area contributed by atoms with Gasteiger partial charge in [0, 0.05) is 18.4 Å². The Hall–Kier alpha value is -1.84. The van der Waals surface area contributed by atoms with Gasteiger partial charge in [0.15, 0.2) is 0 Å². The van der Waals surface area contributed by atoms with Crippen molar-refractivity contribution in [2.45, 2.75) is 39.2 Å². The third-order valence-electron chi connectivity index (χ3n) is 3.22. The van der Waals surface area contributed by atoms with Gasteiger partial charge in [-0.1, -0.05) is 44.2 Å². The summed E-state index contributed by atoms with van der Waals surface area (Å²) in [5.74, 6) is 0.133. The van der Waals surface area contributed by atoms with Crippen LogP contribution in [0.5, 0.6) is 0 Å². The number of nitrogens with one attached hydrogen (secondary N) is 1. The van der Waals surface area contributed by atoms with E-state index < -0.39 is 6.09 Å². The molecule has 1 unspecified atom stereocenters. The highest BCUT2D eigenvalue weighted by molar-refractivity contribution is 5.81. The van der Waals surface area contributed by atoms with E-state index in [9.17, 15) is 9.59 Å². The van der Waals surface area contributed by atoms with Crippen LogP contribution in [0, 0.1) is 5.92 Å². The van der Waals surface area contributed by atoms with E-state index in [-0.39, 0.29) is 17.7 Å². The average molecular weight is 277 g/mol. The molecule has 0 spiro atoms. The van der Waals surface area contributed by atoms with Gasteiger partial charge in [0.2, 0.25) is 0 Å². The molecule has 20 heavy (non-hydrogen) atoms. The first-order chi connectivity index (χ1) is 9.52. The zero-order valence-corrected chi connectivity index (χ0v) is 12.4. The number of aryl methyl sites for hydroxylation is 1. The monoisotopic (exact) mass is 277 g/mol. The lowest BCUT2D eigenvalue weighted by Crippen LogP contribution is -2.37. The summed E-state index contributed by atoms with van der Waals surface area (Å²) in [6.45, 7) is 3.74. The Labute approximate surface area is 120 Å². The number of ether oxygens (including phenoxy) is 1. The number of methoxy groups -OCH3 is 1. The molecule has 0 saturated carbocycles. The van der Waals surface area contributed by atoms with E-state index in [0.717, 1.165) is 12.8 Å². The average Bonchev–Trinajstić information content (AvgIpc) is 2.45. The molecular formula is C16H23NO3. The van der Waals surface area contributed by atoms with E-state index in [0.29, 0.717) is 6.42 Å². The molecule has 0 aromatic heterocycles. The molecule has 4 nitrogen and oxygen atoms in total. The van der Waals surface area contributed by atoms with Crippen molar-refractivity contribution < 1.29 is 14.3 Å². The Balaban J connectivity index is 2.57. The fraction of sp³-hybridized carbons (Fsp3) is 0.500. The number of rotatable bonds is 7. The molecule has 0 fully saturated rings. The van der Waals surface area contributed by atoms with Gasteiger partial charge in [0.05, 0.1) is 7.11 Å². The van der Waals surface area contributed by atoms with Crippen molar-refractivity contribution in [2.24, 2.45) is 5.92 Å². The molecule has 1 aromatic carbocycles. The Kier molecular flexibility index (Phi) is 6.77. The fourth-order valence-electron chi connectivity index (χ4n) is 1.91. The van der Waals surface area contributed by atoms with Crippen molar-refractivity contribution >= 4 is 11.9 Å². The Morgan fingerprint density at radius 2 is 1.85 bits per heavy atom. The quantitative estimate of drug-likeness (QED) is 0.833. The van der Waals surface area contributed by atoms with E-state index in [2.05, 4.69) is 10.1 Å². The number of hydrogen-bond acceptors (Lipinski definition) is 3. The van der Waals surface area contributed by atoms with Gasteiger partial charge >= 0.3 is 6.09 Å². The second-order valence-corrected chi connectivity index (χ2v) is 5.18. The minimum Gasteiger partial charge on any atom is -0.453 e. The van der Waals surface area contributed by atoms with Crippen LogP contribution in [0.2, 0.25) is 0 Å². The van der Waals surface area contributed by atoms with Crippen LogP contribution in [0.3, 0.4) is 0 Å². The molecule has 0 radical (unpaired) electrons. The van der Waals surface area contributed by atoms with Crippen LogP contribution in [0.25, 0.3) is 0 Å². The van der Waals surface area contributed by atoms with Gasteiger partial charge in [0.1, 0.15) is 5.78 Å². The lowest BCUT2D eigenvalue weighted by molar-refractivity contribution is -0.122. The van der Waals surface area contributed by atoms with Crippen LogP contribution >= 0.6 is 0 Å². The van der Waals surface area contributed by atoms with Crippen LogP contribution in [0.15, 0.2) is 30.3 Å². The van der Waals surface area contributed by atoms with Crippen molar-refractivity contribution in [1.82, 2.24) is 5.32 Å². The number of ketones is 1. The Morgan fingerprint density at radius 1 is 1.20 bits per heavy atom. The summed E-state index contributed by atoms with van der Waals surface area (Å²) >= 11 is 0. The number of carbonyl (C=O) groups excluding carboxylic acids is 2. The molecule has 1 amide bonds. The molecule has 0 heterocycles. The van der Waals surface area contributed by atoms with Gasteiger partial charge in [-0.2, -0.15) is 0 Å². The summed E-state index contributed by atoms with van der Waals surface area (Å²) in [6.07, 6.45) is 1.40. The largest absolute Gasteiger partial charge is 0.453 e. The minimum atomic E-state index is -0.486. The topological polar surface area (TPSA) is 55.4 Å². The minimum absolute atomic E-state index is 0.0197. The molecule has 1 aromatic rings. The number of hydrogen-bond donors (Lipinski definition) is 1. The number of benzene rings is 1. The molecule has 0 aliphatic carbocycles. The molecule has 0 saturated heterocycles. The number of alkyl carbamates (subject to hydrolysis) is 1. The maximum Gasteiger partial charge on any atom is 0.407 e. The Morgan fingerprint density at radius 3 is 2.40 bits per heavy atom. The summed E-state index contributed by atoms with van der Waals surface area (Å²) in [5, 5.41) is 2.74. The highest BCUT2D eigenvalue weighted by Crippen LogP contribution is 2.10. The van der Waals surface area contributed by atoms with Crippen molar-refractivity contribution in [3.63, 3.8) is 0 Å². The third-order valence-corrected chi connectivity index (χ3v) is 3.22. The van der Waals surface area contributed by atoms with Gasteiger partial charge in [-0.05, 0) is 18.4 Å². The third kappa shape index (κ3) is 5.87. The smallest absolute Gasteiger partial charge is 0.407 e. The molecule has 1 N–H and O–H groups in total. The molecule has 4 heteroatoms. The normalized spacial score (nSPS) is 12.0. The van der Waals surface area contributed by atoms with Crippen LogP contribution in [-0.4, -0.2) is 25.0 Å². The highest BCUT2D eigenvalue weighted by Gasteiger charge is 2.18. The van der Waals surface area contributed by atoms with Gasteiger partial charge in [-0.15, -0.1) is 0 Å². The van der Waals surface area contributed by atoms with Crippen LogP contribution in [-0.2, 0) is 16.0 Å². The van der Waals surface area contributed by atoms with Crippen molar-refractivity contribution in [1.29, 1.82) is 0 Å². The van der Waals surface area contributed by atoms with E-state index in [1.165, 1.54) is 12.7 Å². The van der Waals surface area contributed by atoms with Crippen LogP contribution < -0.4 is 5.32 Å². The standard InChI is InChI=1S/C16H23NO3/c1-12(2)15(18)11-14(17-16(19)20-3)10-9-13-7-5-4-6-8-13/h4-8,12,14H,9-11H2,1-3H3,(H,17,19). The van der Waals surface area contributed by atoms with Gasteiger partial charge in [0.25, 0.3) is 0 Å². The number of carbonyl (C=O) groups is 2. The van der Waals surface area contributed by atoms with Gasteiger partial charge < -0.3 is 10.1 Å². The zero-order chi connectivity index (χ0) is 15.0. The van der Waals surface area contributed by atoms with Crippen LogP contribution in [0.1, 0.15) is 32.3 Å².